The average Bonchev–Trinajstić information content (AvgIpc) is 2.73. The number of carbonyl (C=O) groups excluding carboxylic acids is 1. The Labute approximate surface area is 184 Å². The number of methoxy groups -OCH3 is 1. The van der Waals surface area contributed by atoms with Gasteiger partial charge in [0, 0.05) is 27.2 Å². The monoisotopic (exact) mass is 467 g/mol. The van der Waals surface area contributed by atoms with E-state index in [0.717, 1.165) is 26.9 Å². The molecule has 0 amide bonds. The van der Waals surface area contributed by atoms with Gasteiger partial charge in [-0.1, -0.05) is 28.1 Å². The zero-order valence-electron chi connectivity index (χ0n) is 17.3. The molecule has 3 aromatic rings. The summed E-state index contributed by atoms with van der Waals surface area (Å²) in [6, 6.07) is 15.2. The zero-order chi connectivity index (χ0) is 21.5. The number of pyridine rings is 1. The third-order valence-electron chi connectivity index (χ3n) is 5.09. The fraction of sp³-hybridized carbons (Fsp3) is 0.250. The standard InChI is InChI=1S/C24H22BrNO4/c1-5-29-23(27)18-13-19-22(26-21(18)14-6-8-15(25)9-7-14)17-11-10-16(28-4)12-20(17)30-24(19,2)3/h6-13H,5H2,1-4H3. The van der Waals surface area contributed by atoms with Gasteiger partial charge in [0.25, 0.3) is 0 Å². The van der Waals surface area contributed by atoms with Crippen LogP contribution in [0.1, 0.15) is 36.7 Å². The van der Waals surface area contributed by atoms with Crippen molar-refractivity contribution in [1.29, 1.82) is 0 Å². The van der Waals surface area contributed by atoms with Gasteiger partial charge in [-0.3, -0.25) is 0 Å². The maximum Gasteiger partial charge on any atom is 0.340 e. The van der Waals surface area contributed by atoms with Gasteiger partial charge >= 0.3 is 5.97 Å². The molecule has 1 aromatic heterocycles. The second kappa shape index (κ2) is 7.76. The van der Waals surface area contributed by atoms with E-state index in [-0.39, 0.29) is 6.61 Å². The minimum Gasteiger partial charge on any atom is -0.497 e. The fourth-order valence-electron chi connectivity index (χ4n) is 3.61. The van der Waals surface area contributed by atoms with Gasteiger partial charge in [0.2, 0.25) is 0 Å². The molecule has 154 valence electrons. The second-order valence-corrected chi connectivity index (χ2v) is 8.40. The van der Waals surface area contributed by atoms with Gasteiger partial charge in [-0.25, -0.2) is 9.78 Å². The largest absolute Gasteiger partial charge is 0.497 e. The molecule has 4 rings (SSSR count). The highest BCUT2D eigenvalue weighted by atomic mass is 79.9. The minimum absolute atomic E-state index is 0.290. The summed E-state index contributed by atoms with van der Waals surface area (Å²) in [5.74, 6) is 1.01. The summed E-state index contributed by atoms with van der Waals surface area (Å²) in [5, 5.41) is 0. The fourth-order valence-corrected chi connectivity index (χ4v) is 3.87. The van der Waals surface area contributed by atoms with E-state index in [2.05, 4.69) is 15.9 Å². The summed E-state index contributed by atoms with van der Waals surface area (Å²) in [6.07, 6.45) is 0. The number of carbonyl (C=O) groups is 1. The molecule has 0 N–H and O–H groups in total. The molecule has 0 saturated carbocycles. The molecule has 0 spiro atoms. The van der Waals surface area contributed by atoms with Crippen molar-refractivity contribution in [3.8, 4) is 34.0 Å². The number of aromatic nitrogens is 1. The van der Waals surface area contributed by atoms with Gasteiger partial charge in [0.1, 0.15) is 17.1 Å². The van der Waals surface area contributed by atoms with Crippen molar-refractivity contribution in [2.24, 2.45) is 0 Å². The minimum atomic E-state index is -0.679. The second-order valence-electron chi connectivity index (χ2n) is 7.48. The van der Waals surface area contributed by atoms with Crippen molar-refractivity contribution in [1.82, 2.24) is 4.98 Å². The van der Waals surface area contributed by atoms with Crippen molar-refractivity contribution in [2.75, 3.05) is 13.7 Å². The topological polar surface area (TPSA) is 57.7 Å². The van der Waals surface area contributed by atoms with Gasteiger partial charge in [0.05, 0.1) is 30.7 Å². The maximum atomic E-state index is 12.8. The Bertz CT molecular complexity index is 1120. The molecular weight excluding hydrogens is 446 g/mol. The first-order valence-corrected chi connectivity index (χ1v) is 10.5. The lowest BCUT2D eigenvalue weighted by molar-refractivity contribution is 0.0526. The highest BCUT2D eigenvalue weighted by Crippen LogP contribution is 2.47. The molecule has 0 saturated heterocycles. The van der Waals surface area contributed by atoms with Crippen molar-refractivity contribution in [3.63, 3.8) is 0 Å². The van der Waals surface area contributed by atoms with Gasteiger partial charge in [-0.2, -0.15) is 0 Å². The van der Waals surface area contributed by atoms with Crippen LogP contribution >= 0.6 is 15.9 Å². The number of nitrogens with zero attached hydrogens (tertiary/aromatic N) is 1. The summed E-state index contributed by atoms with van der Waals surface area (Å²) in [5.41, 5.74) is 3.65. The van der Waals surface area contributed by atoms with E-state index >= 15 is 0 Å². The van der Waals surface area contributed by atoms with E-state index < -0.39 is 11.6 Å². The summed E-state index contributed by atoms with van der Waals surface area (Å²) < 4.78 is 17.9. The van der Waals surface area contributed by atoms with Crippen molar-refractivity contribution < 1.29 is 19.0 Å². The Hall–Kier alpha value is -2.86. The van der Waals surface area contributed by atoms with Crippen LogP contribution in [0, 0.1) is 0 Å². The molecule has 0 unspecified atom stereocenters. The first-order valence-electron chi connectivity index (χ1n) is 9.70. The first-order chi connectivity index (χ1) is 14.3. The number of ether oxygens (including phenoxy) is 3. The molecule has 6 heteroatoms. The van der Waals surface area contributed by atoms with Crippen molar-refractivity contribution in [2.45, 2.75) is 26.4 Å². The average molecular weight is 468 g/mol. The molecule has 2 heterocycles. The predicted octanol–water partition coefficient (Wildman–Crippen LogP) is 5.99. The van der Waals surface area contributed by atoms with Crippen LogP contribution in [-0.4, -0.2) is 24.7 Å². The molecule has 0 atom stereocenters. The summed E-state index contributed by atoms with van der Waals surface area (Å²) >= 11 is 3.46. The Morgan fingerprint density at radius 3 is 2.50 bits per heavy atom. The zero-order valence-corrected chi connectivity index (χ0v) is 18.9. The lowest BCUT2D eigenvalue weighted by Crippen LogP contribution is -2.30. The van der Waals surface area contributed by atoms with E-state index in [1.54, 1.807) is 14.0 Å². The molecule has 0 fully saturated rings. The predicted molar refractivity (Wildman–Crippen MR) is 119 cm³/mol. The van der Waals surface area contributed by atoms with Gasteiger partial charge in [-0.05, 0) is 51.1 Å². The number of hydrogen-bond acceptors (Lipinski definition) is 5. The molecule has 0 aliphatic carbocycles. The Morgan fingerprint density at radius 2 is 1.83 bits per heavy atom. The van der Waals surface area contributed by atoms with Crippen LogP contribution in [0.3, 0.4) is 0 Å². The van der Waals surface area contributed by atoms with E-state index in [4.69, 9.17) is 19.2 Å². The van der Waals surface area contributed by atoms with Crippen LogP contribution in [0.15, 0.2) is 53.0 Å². The third-order valence-corrected chi connectivity index (χ3v) is 5.62. The van der Waals surface area contributed by atoms with Gasteiger partial charge in [-0.15, -0.1) is 0 Å². The molecular formula is C24H22BrNO4. The number of rotatable bonds is 4. The molecule has 0 radical (unpaired) electrons. The summed E-state index contributed by atoms with van der Waals surface area (Å²) in [4.78, 5) is 17.8. The van der Waals surface area contributed by atoms with Crippen LogP contribution < -0.4 is 9.47 Å². The highest BCUT2D eigenvalue weighted by Gasteiger charge is 2.36. The quantitative estimate of drug-likeness (QED) is 0.441. The van der Waals surface area contributed by atoms with Crippen molar-refractivity contribution in [3.05, 3.63) is 64.1 Å². The number of esters is 1. The molecule has 2 aromatic carbocycles. The van der Waals surface area contributed by atoms with Crippen LogP contribution in [0.2, 0.25) is 0 Å². The van der Waals surface area contributed by atoms with Gasteiger partial charge < -0.3 is 14.2 Å². The summed E-state index contributed by atoms with van der Waals surface area (Å²) in [6.45, 7) is 6.01. The van der Waals surface area contributed by atoms with E-state index in [0.29, 0.717) is 22.8 Å². The van der Waals surface area contributed by atoms with E-state index in [1.807, 2.05) is 62.4 Å². The summed E-state index contributed by atoms with van der Waals surface area (Å²) in [7, 11) is 1.62. The lowest BCUT2D eigenvalue weighted by Gasteiger charge is -2.35. The molecule has 0 bridgehead atoms. The Balaban J connectivity index is 1.99. The first kappa shape index (κ1) is 20.4. The number of halogens is 1. The van der Waals surface area contributed by atoms with E-state index in [9.17, 15) is 4.79 Å². The third kappa shape index (κ3) is 3.56. The maximum absolute atomic E-state index is 12.8. The van der Waals surface area contributed by atoms with Crippen LogP contribution in [0.5, 0.6) is 11.5 Å². The van der Waals surface area contributed by atoms with Crippen LogP contribution in [-0.2, 0) is 10.3 Å². The van der Waals surface area contributed by atoms with Crippen molar-refractivity contribution >= 4 is 21.9 Å². The normalized spacial score (nSPS) is 13.6. The lowest BCUT2D eigenvalue weighted by atomic mass is 9.87. The SMILES string of the molecule is CCOC(=O)c1cc2c(nc1-c1ccc(Br)cc1)-c1ccc(OC)cc1OC2(C)C. The molecule has 30 heavy (non-hydrogen) atoms. The smallest absolute Gasteiger partial charge is 0.340 e. The van der Waals surface area contributed by atoms with Crippen LogP contribution in [0.25, 0.3) is 22.5 Å². The molecule has 1 aliphatic rings. The molecule has 1 aliphatic heterocycles. The number of hydrogen-bond donors (Lipinski definition) is 0. The van der Waals surface area contributed by atoms with Gasteiger partial charge in [0.15, 0.2) is 0 Å². The molecule has 5 nitrogen and oxygen atoms in total. The highest BCUT2D eigenvalue weighted by molar-refractivity contribution is 9.10. The van der Waals surface area contributed by atoms with Crippen LogP contribution in [0.4, 0.5) is 0 Å². The van der Waals surface area contributed by atoms with E-state index in [1.165, 1.54) is 0 Å². The Kier molecular flexibility index (Phi) is 5.28. The number of benzene rings is 2. The number of fused-ring (bicyclic) bond motifs is 3. The Morgan fingerprint density at radius 1 is 1.10 bits per heavy atom.